The predicted molar refractivity (Wildman–Crippen MR) is 123 cm³/mol. The van der Waals surface area contributed by atoms with E-state index in [-0.39, 0.29) is 11.9 Å². The van der Waals surface area contributed by atoms with Gasteiger partial charge < -0.3 is 17.2 Å². The van der Waals surface area contributed by atoms with E-state index in [4.69, 9.17) is 17.2 Å². The molecule has 0 aliphatic heterocycles. The average molecular weight is 409 g/mol. The monoisotopic (exact) mass is 408 g/mol. The van der Waals surface area contributed by atoms with Gasteiger partial charge in [0.2, 0.25) is 17.9 Å². The van der Waals surface area contributed by atoms with Crippen LogP contribution in [0.2, 0.25) is 0 Å². The Morgan fingerprint density at radius 1 is 0.900 bits per heavy atom. The second-order valence-corrected chi connectivity index (χ2v) is 6.21. The van der Waals surface area contributed by atoms with Crippen LogP contribution in [0.25, 0.3) is 0 Å². The molecule has 2 aromatic rings. The third-order valence-corrected chi connectivity index (χ3v) is 3.98. The predicted octanol–water partition coefficient (Wildman–Crippen LogP) is 0.816. The molecule has 0 fully saturated rings. The molecule has 0 aliphatic carbocycles. The van der Waals surface area contributed by atoms with Gasteiger partial charge in [0.05, 0.1) is 12.2 Å². The van der Waals surface area contributed by atoms with Gasteiger partial charge in [-0.2, -0.15) is 4.99 Å². The fraction of sp³-hybridized carbons (Fsp3) is 0.200. The number of nitrogens with one attached hydrogen (secondary N) is 1. The summed E-state index contributed by atoms with van der Waals surface area (Å²) in [6.45, 7) is 0.458. The Labute approximate surface area is 176 Å². The van der Waals surface area contributed by atoms with Crippen molar-refractivity contribution in [1.82, 2.24) is 15.3 Å². The van der Waals surface area contributed by atoms with Crippen LogP contribution in [0.15, 0.2) is 80.6 Å². The van der Waals surface area contributed by atoms with Crippen LogP contribution >= 0.6 is 0 Å². The molecule has 158 valence electrons. The van der Waals surface area contributed by atoms with Crippen molar-refractivity contribution in [3.8, 4) is 0 Å². The van der Waals surface area contributed by atoms with Crippen molar-refractivity contribution in [2.75, 3.05) is 21.1 Å². The maximum atomic E-state index is 6.10. The first-order chi connectivity index (χ1) is 14.4. The molecule has 7 N–H and O–H groups in total. The lowest BCUT2D eigenvalue weighted by Gasteiger charge is -2.26. The summed E-state index contributed by atoms with van der Waals surface area (Å²) in [6.07, 6.45) is 0. The molecular formula is C20H28N10. The van der Waals surface area contributed by atoms with Crippen molar-refractivity contribution in [3.05, 3.63) is 66.2 Å². The minimum Gasteiger partial charge on any atom is -0.369 e. The highest BCUT2D eigenvalue weighted by molar-refractivity contribution is 5.99. The van der Waals surface area contributed by atoms with E-state index in [2.05, 4.69) is 25.4 Å². The van der Waals surface area contributed by atoms with Gasteiger partial charge in [-0.25, -0.2) is 9.98 Å². The number of hydrazine groups is 1. The molecule has 0 aromatic heterocycles. The molecule has 10 heteroatoms. The van der Waals surface area contributed by atoms with Crippen LogP contribution in [0.5, 0.6) is 0 Å². The number of rotatable bonds is 3. The quantitative estimate of drug-likeness (QED) is 0.336. The molecule has 30 heavy (non-hydrogen) atoms. The van der Waals surface area contributed by atoms with Crippen LogP contribution in [0.4, 0.5) is 5.69 Å². The van der Waals surface area contributed by atoms with E-state index in [1.165, 1.54) is 5.01 Å². The van der Waals surface area contributed by atoms with Gasteiger partial charge in [-0.1, -0.05) is 48.5 Å². The zero-order valence-corrected chi connectivity index (χ0v) is 17.4. The number of nitrogens with zero attached hydrogens (tertiary/aromatic N) is 6. The Bertz CT molecular complexity index is 919. The molecular weight excluding hydrogens is 380 g/mol. The highest BCUT2D eigenvalue weighted by Crippen LogP contribution is 2.09. The topological polar surface area (TPSA) is 146 Å². The molecule has 0 saturated carbocycles. The Balaban J connectivity index is 2.02. The SMILES string of the molecule is CN=C(NN(C)C(N)=NC(N)=Nc1ccccc1)N(C)C(N)=NCc1ccccc1. The summed E-state index contributed by atoms with van der Waals surface area (Å²) < 4.78 is 0. The smallest absolute Gasteiger partial charge is 0.223 e. The number of aliphatic imine (C=N–C) groups is 4. The molecule has 0 atom stereocenters. The standard InChI is InChI=1S/C20H28N10/c1-24-20(29(2)18(22)25-14-15-10-6-4-7-11-15)28-30(3)19(23)27-17(21)26-16-12-8-5-9-13-16/h4-13H,14H2,1-3H3,(H2,22,25)(H,24,28)(H4,21,23,26,27). The van der Waals surface area contributed by atoms with Crippen LogP contribution < -0.4 is 22.6 Å². The summed E-state index contributed by atoms with van der Waals surface area (Å²) in [4.78, 5) is 18.5. The minimum absolute atomic E-state index is 0.0274. The molecule has 0 bridgehead atoms. The summed E-state index contributed by atoms with van der Waals surface area (Å²) in [5.41, 5.74) is 22.7. The molecule has 0 aliphatic rings. The van der Waals surface area contributed by atoms with Gasteiger partial charge in [-0.15, -0.1) is 0 Å². The summed E-state index contributed by atoms with van der Waals surface area (Å²) in [7, 11) is 5.03. The van der Waals surface area contributed by atoms with Gasteiger partial charge in [-0.05, 0) is 17.7 Å². The summed E-state index contributed by atoms with van der Waals surface area (Å²) in [5, 5.41) is 1.46. The second kappa shape index (κ2) is 11.1. The number of benzene rings is 2. The fourth-order valence-electron chi connectivity index (χ4n) is 2.30. The van der Waals surface area contributed by atoms with Gasteiger partial charge in [0, 0.05) is 21.1 Å². The minimum atomic E-state index is 0.0274. The van der Waals surface area contributed by atoms with Gasteiger partial charge in [0.25, 0.3) is 0 Å². The molecule has 0 radical (unpaired) electrons. The Morgan fingerprint density at radius 2 is 1.50 bits per heavy atom. The summed E-state index contributed by atoms with van der Waals surface area (Å²) >= 11 is 0. The fourth-order valence-corrected chi connectivity index (χ4v) is 2.30. The second-order valence-electron chi connectivity index (χ2n) is 6.21. The Morgan fingerprint density at radius 3 is 2.10 bits per heavy atom. The first-order valence-electron chi connectivity index (χ1n) is 9.18. The molecule has 0 spiro atoms. The lowest BCUT2D eigenvalue weighted by atomic mass is 10.2. The molecule has 0 heterocycles. The van der Waals surface area contributed by atoms with Gasteiger partial charge in [0.15, 0.2) is 5.96 Å². The number of para-hydroxylation sites is 1. The van der Waals surface area contributed by atoms with Crippen LogP contribution in [0, 0.1) is 0 Å². The molecule has 0 amide bonds. The third kappa shape index (κ3) is 6.82. The zero-order valence-electron chi connectivity index (χ0n) is 17.4. The van der Waals surface area contributed by atoms with Crippen molar-refractivity contribution < 1.29 is 0 Å². The summed E-state index contributed by atoms with van der Waals surface area (Å²) in [6, 6.07) is 19.1. The molecule has 10 nitrogen and oxygen atoms in total. The Hall–Kier alpha value is -4.08. The van der Waals surface area contributed by atoms with Crippen LogP contribution in [0.1, 0.15) is 5.56 Å². The van der Waals surface area contributed by atoms with Crippen LogP contribution in [0.3, 0.4) is 0 Å². The first kappa shape index (κ1) is 22.2. The van der Waals surface area contributed by atoms with E-state index in [1.807, 2.05) is 60.7 Å². The van der Waals surface area contributed by atoms with Crippen LogP contribution in [-0.4, -0.2) is 54.9 Å². The van der Waals surface area contributed by atoms with Crippen molar-refractivity contribution in [3.63, 3.8) is 0 Å². The Kier molecular flexibility index (Phi) is 8.18. The maximum absolute atomic E-state index is 6.10. The average Bonchev–Trinajstić information content (AvgIpc) is 2.76. The van der Waals surface area contributed by atoms with E-state index in [9.17, 15) is 0 Å². The zero-order chi connectivity index (χ0) is 21.9. The highest BCUT2D eigenvalue weighted by atomic mass is 15.6. The first-order valence-corrected chi connectivity index (χ1v) is 9.18. The summed E-state index contributed by atoms with van der Waals surface area (Å²) in [5.74, 6) is 0.839. The molecule has 0 saturated heterocycles. The lowest BCUT2D eigenvalue weighted by Crippen LogP contribution is -2.54. The van der Waals surface area contributed by atoms with E-state index in [0.29, 0.717) is 24.2 Å². The van der Waals surface area contributed by atoms with Crippen molar-refractivity contribution in [2.45, 2.75) is 6.54 Å². The number of nitrogens with two attached hydrogens (primary N) is 3. The van der Waals surface area contributed by atoms with E-state index in [1.54, 1.807) is 26.0 Å². The highest BCUT2D eigenvalue weighted by Gasteiger charge is 2.13. The van der Waals surface area contributed by atoms with Gasteiger partial charge in [0.1, 0.15) is 0 Å². The maximum Gasteiger partial charge on any atom is 0.223 e. The third-order valence-electron chi connectivity index (χ3n) is 3.98. The number of hydrogen-bond acceptors (Lipinski definition) is 3. The lowest BCUT2D eigenvalue weighted by molar-refractivity contribution is 0.427. The largest absolute Gasteiger partial charge is 0.369 e. The normalized spacial score (nSPS) is 13.2. The number of hydrogen-bond donors (Lipinski definition) is 4. The van der Waals surface area contributed by atoms with Crippen molar-refractivity contribution in [2.24, 2.45) is 37.2 Å². The van der Waals surface area contributed by atoms with Crippen molar-refractivity contribution >= 4 is 29.5 Å². The molecule has 2 rings (SSSR count). The van der Waals surface area contributed by atoms with Gasteiger partial charge in [-0.3, -0.25) is 20.3 Å². The van der Waals surface area contributed by atoms with Crippen LogP contribution in [-0.2, 0) is 6.54 Å². The number of guanidine groups is 4. The van der Waals surface area contributed by atoms with E-state index in [0.717, 1.165) is 5.56 Å². The molecule has 0 unspecified atom stereocenters. The molecule has 2 aromatic carbocycles. The van der Waals surface area contributed by atoms with Crippen molar-refractivity contribution in [1.29, 1.82) is 0 Å². The van der Waals surface area contributed by atoms with Gasteiger partial charge >= 0.3 is 0 Å². The van der Waals surface area contributed by atoms with E-state index >= 15 is 0 Å². The van der Waals surface area contributed by atoms with E-state index < -0.39 is 0 Å².